The second kappa shape index (κ2) is 6.36. The number of ether oxygens (including phenoxy) is 1. The zero-order valence-corrected chi connectivity index (χ0v) is 12.5. The van der Waals surface area contributed by atoms with Gasteiger partial charge in [0.15, 0.2) is 6.61 Å². The summed E-state index contributed by atoms with van der Waals surface area (Å²) < 4.78 is 6.28. The SMILES string of the molecule is Cc1ccc(C#N)cc1OCC(=O)c1ccccc1Br. The average Bonchev–Trinajstić information content (AvgIpc) is 2.46. The molecule has 20 heavy (non-hydrogen) atoms. The van der Waals surface area contributed by atoms with Crippen LogP contribution >= 0.6 is 15.9 Å². The van der Waals surface area contributed by atoms with Gasteiger partial charge in [0, 0.05) is 10.0 Å². The van der Waals surface area contributed by atoms with Gasteiger partial charge in [0.25, 0.3) is 0 Å². The van der Waals surface area contributed by atoms with E-state index in [1.807, 2.05) is 19.1 Å². The van der Waals surface area contributed by atoms with Crippen LogP contribution in [0.5, 0.6) is 5.75 Å². The van der Waals surface area contributed by atoms with Gasteiger partial charge in [-0.15, -0.1) is 0 Å². The lowest BCUT2D eigenvalue weighted by molar-refractivity contribution is 0.0920. The monoisotopic (exact) mass is 329 g/mol. The van der Waals surface area contributed by atoms with Crippen molar-refractivity contribution in [1.29, 1.82) is 5.26 Å². The molecule has 0 amide bonds. The topological polar surface area (TPSA) is 50.1 Å². The molecule has 2 aromatic carbocycles. The zero-order valence-electron chi connectivity index (χ0n) is 10.9. The normalized spacial score (nSPS) is 9.85. The van der Waals surface area contributed by atoms with E-state index in [0.29, 0.717) is 16.9 Å². The largest absolute Gasteiger partial charge is 0.485 e. The second-order valence-corrected chi connectivity index (χ2v) is 5.14. The Labute approximate surface area is 125 Å². The smallest absolute Gasteiger partial charge is 0.201 e. The number of Topliss-reactive ketones (excluding diaryl/α,β-unsaturated/α-hetero) is 1. The van der Waals surface area contributed by atoms with Gasteiger partial charge < -0.3 is 4.74 Å². The molecule has 0 N–H and O–H groups in total. The summed E-state index contributed by atoms with van der Waals surface area (Å²) in [5.41, 5.74) is 1.99. The van der Waals surface area contributed by atoms with Crippen LogP contribution in [0.4, 0.5) is 0 Å². The van der Waals surface area contributed by atoms with E-state index >= 15 is 0 Å². The third-order valence-corrected chi connectivity index (χ3v) is 3.54. The number of ketones is 1. The Morgan fingerprint density at radius 1 is 1.30 bits per heavy atom. The molecule has 2 aromatic rings. The van der Waals surface area contributed by atoms with E-state index in [1.165, 1.54) is 0 Å². The molecule has 0 aliphatic heterocycles. The molecule has 3 nitrogen and oxygen atoms in total. The van der Waals surface area contributed by atoms with Crippen LogP contribution in [0.15, 0.2) is 46.9 Å². The molecule has 0 aliphatic rings. The van der Waals surface area contributed by atoms with Gasteiger partial charge in [0.2, 0.25) is 5.78 Å². The van der Waals surface area contributed by atoms with E-state index in [1.54, 1.807) is 30.3 Å². The van der Waals surface area contributed by atoms with Gasteiger partial charge in [-0.3, -0.25) is 4.79 Å². The van der Waals surface area contributed by atoms with Crippen molar-refractivity contribution in [3.63, 3.8) is 0 Å². The van der Waals surface area contributed by atoms with Gasteiger partial charge in [-0.25, -0.2) is 0 Å². The molecule has 0 fully saturated rings. The van der Waals surface area contributed by atoms with Crippen molar-refractivity contribution in [2.45, 2.75) is 6.92 Å². The molecule has 0 unspecified atom stereocenters. The fourth-order valence-corrected chi connectivity index (χ4v) is 2.24. The molecule has 0 aliphatic carbocycles. The van der Waals surface area contributed by atoms with Crippen molar-refractivity contribution in [3.8, 4) is 11.8 Å². The number of carbonyl (C=O) groups is 1. The summed E-state index contributed by atoms with van der Waals surface area (Å²) >= 11 is 3.34. The lowest BCUT2D eigenvalue weighted by Gasteiger charge is -2.09. The number of aryl methyl sites for hydroxylation is 1. The Balaban J connectivity index is 2.12. The number of halogens is 1. The van der Waals surface area contributed by atoms with Crippen LogP contribution in [-0.4, -0.2) is 12.4 Å². The van der Waals surface area contributed by atoms with Crippen molar-refractivity contribution >= 4 is 21.7 Å². The summed E-state index contributed by atoms with van der Waals surface area (Å²) in [6.45, 7) is 1.82. The molecule has 0 saturated carbocycles. The lowest BCUT2D eigenvalue weighted by Crippen LogP contribution is -2.12. The maximum absolute atomic E-state index is 12.1. The number of benzene rings is 2. The summed E-state index contributed by atoms with van der Waals surface area (Å²) in [5.74, 6) is 0.448. The number of hydrogen-bond acceptors (Lipinski definition) is 3. The fourth-order valence-electron chi connectivity index (χ4n) is 1.73. The number of nitriles is 1. The van der Waals surface area contributed by atoms with Crippen LogP contribution in [0.2, 0.25) is 0 Å². The highest BCUT2D eigenvalue weighted by molar-refractivity contribution is 9.10. The van der Waals surface area contributed by atoms with Crippen molar-refractivity contribution in [2.75, 3.05) is 6.61 Å². The fraction of sp³-hybridized carbons (Fsp3) is 0.125. The quantitative estimate of drug-likeness (QED) is 0.799. The van der Waals surface area contributed by atoms with E-state index in [2.05, 4.69) is 22.0 Å². The molecule has 0 heterocycles. The summed E-state index contributed by atoms with van der Waals surface area (Å²) in [5, 5.41) is 8.87. The van der Waals surface area contributed by atoms with Crippen LogP contribution in [0.1, 0.15) is 21.5 Å². The van der Waals surface area contributed by atoms with Gasteiger partial charge in [0.1, 0.15) is 5.75 Å². The molecule has 100 valence electrons. The number of hydrogen-bond donors (Lipinski definition) is 0. The van der Waals surface area contributed by atoms with Crippen LogP contribution in [0.3, 0.4) is 0 Å². The number of rotatable bonds is 4. The van der Waals surface area contributed by atoms with E-state index in [-0.39, 0.29) is 12.4 Å². The van der Waals surface area contributed by atoms with E-state index in [4.69, 9.17) is 10.00 Å². The highest BCUT2D eigenvalue weighted by atomic mass is 79.9. The van der Waals surface area contributed by atoms with Crippen LogP contribution in [-0.2, 0) is 0 Å². The van der Waals surface area contributed by atoms with Crippen molar-refractivity contribution in [2.24, 2.45) is 0 Å². The van der Waals surface area contributed by atoms with Crippen LogP contribution in [0, 0.1) is 18.3 Å². The van der Waals surface area contributed by atoms with Crippen LogP contribution < -0.4 is 4.74 Å². The highest BCUT2D eigenvalue weighted by Gasteiger charge is 2.11. The lowest BCUT2D eigenvalue weighted by atomic mass is 10.1. The van der Waals surface area contributed by atoms with Crippen molar-refractivity contribution in [3.05, 3.63) is 63.6 Å². The van der Waals surface area contributed by atoms with Gasteiger partial charge in [-0.1, -0.05) is 40.2 Å². The maximum atomic E-state index is 12.1. The molecule has 0 radical (unpaired) electrons. The molecule has 0 aromatic heterocycles. The summed E-state index contributed by atoms with van der Waals surface area (Å²) in [4.78, 5) is 12.1. The molecular formula is C16H12BrNO2. The molecular weight excluding hydrogens is 318 g/mol. The minimum Gasteiger partial charge on any atom is -0.485 e. The Morgan fingerprint density at radius 3 is 2.75 bits per heavy atom. The second-order valence-electron chi connectivity index (χ2n) is 4.28. The van der Waals surface area contributed by atoms with Gasteiger partial charge in [0.05, 0.1) is 11.6 Å². The third-order valence-electron chi connectivity index (χ3n) is 2.85. The minimum atomic E-state index is -0.112. The number of carbonyl (C=O) groups excluding carboxylic acids is 1. The van der Waals surface area contributed by atoms with E-state index < -0.39 is 0 Å². The molecule has 2 rings (SSSR count). The Kier molecular flexibility index (Phi) is 4.54. The van der Waals surface area contributed by atoms with Gasteiger partial charge >= 0.3 is 0 Å². The summed E-state index contributed by atoms with van der Waals surface area (Å²) in [7, 11) is 0. The maximum Gasteiger partial charge on any atom is 0.201 e. The van der Waals surface area contributed by atoms with E-state index in [0.717, 1.165) is 10.0 Å². The highest BCUT2D eigenvalue weighted by Crippen LogP contribution is 2.21. The summed E-state index contributed by atoms with van der Waals surface area (Å²) in [6.07, 6.45) is 0. The van der Waals surface area contributed by atoms with Crippen molar-refractivity contribution < 1.29 is 9.53 Å². The minimum absolute atomic E-state index is 0.0572. The zero-order chi connectivity index (χ0) is 14.5. The Morgan fingerprint density at radius 2 is 2.05 bits per heavy atom. The van der Waals surface area contributed by atoms with Crippen LogP contribution in [0.25, 0.3) is 0 Å². The molecule has 0 spiro atoms. The first-order chi connectivity index (χ1) is 9.61. The van der Waals surface area contributed by atoms with Gasteiger partial charge in [-0.2, -0.15) is 5.26 Å². The molecule has 0 atom stereocenters. The average molecular weight is 330 g/mol. The van der Waals surface area contributed by atoms with E-state index in [9.17, 15) is 4.79 Å². The standard InChI is InChI=1S/C16H12BrNO2/c1-11-6-7-12(9-18)8-16(11)20-10-15(19)13-4-2-3-5-14(13)17/h2-8H,10H2,1H3. The molecule has 4 heteroatoms. The first kappa shape index (κ1) is 14.3. The third kappa shape index (κ3) is 3.25. The number of nitrogens with zero attached hydrogens (tertiary/aromatic N) is 1. The predicted molar refractivity (Wildman–Crippen MR) is 79.9 cm³/mol. The van der Waals surface area contributed by atoms with Crippen molar-refractivity contribution in [1.82, 2.24) is 0 Å². The summed E-state index contributed by atoms with van der Waals surface area (Å²) in [6, 6.07) is 14.4. The Bertz CT molecular complexity index is 689. The first-order valence-corrected chi connectivity index (χ1v) is 6.82. The molecule has 0 saturated heterocycles. The first-order valence-electron chi connectivity index (χ1n) is 6.03. The molecule has 0 bridgehead atoms. The Hall–Kier alpha value is -2.12. The predicted octanol–water partition coefficient (Wildman–Crippen LogP) is 3.89. The van der Waals surface area contributed by atoms with Gasteiger partial charge in [-0.05, 0) is 30.7 Å².